The van der Waals surface area contributed by atoms with Gasteiger partial charge in [0.15, 0.2) is 0 Å². The van der Waals surface area contributed by atoms with Crippen LogP contribution in [0.1, 0.15) is 12.5 Å². The Labute approximate surface area is 212 Å². The Bertz CT molecular complexity index is 1660. The molecule has 182 valence electrons. The average molecular weight is 490 g/mol. The molecule has 8 nitrogen and oxygen atoms in total. The molecule has 2 heterocycles. The lowest BCUT2D eigenvalue weighted by Crippen LogP contribution is -2.42. The molecule has 4 aromatic carbocycles. The molecule has 6 rings (SSSR count). The van der Waals surface area contributed by atoms with E-state index in [1.165, 1.54) is 0 Å². The highest BCUT2D eigenvalue weighted by atomic mass is 16.2. The number of aromatic amines is 1. The number of anilines is 1. The fourth-order valence-corrected chi connectivity index (χ4v) is 4.68. The highest BCUT2D eigenvalue weighted by Gasteiger charge is 2.49. The van der Waals surface area contributed by atoms with Crippen molar-refractivity contribution in [2.45, 2.75) is 12.5 Å². The third kappa shape index (κ3) is 3.98. The predicted molar refractivity (Wildman–Crippen MR) is 142 cm³/mol. The van der Waals surface area contributed by atoms with E-state index < -0.39 is 23.4 Å². The number of carbonyl (C=O) groups is 3. The number of hydrogen-bond donors (Lipinski definition) is 3. The minimum absolute atomic E-state index is 0.390. The minimum atomic E-state index is -1.25. The van der Waals surface area contributed by atoms with E-state index in [2.05, 4.69) is 20.6 Å². The maximum absolute atomic E-state index is 13.3. The molecule has 0 spiro atoms. The summed E-state index contributed by atoms with van der Waals surface area (Å²) >= 11 is 0. The standard InChI is InChI=1S/C29H23N5O3/c1-29(21-13-10-18-6-2-3-7-20(18)16-21)27(36)34(28(37)33-29)17-25(35)30-22-14-11-19(12-15-22)26-31-23-8-4-5-9-24(23)32-26/h2-16H,17H2,1H3,(H,30,35)(H,31,32)(H,33,37). The first kappa shape index (κ1) is 22.5. The van der Waals surface area contributed by atoms with Crippen LogP contribution in [0.4, 0.5) is 10.5 Å². The Balaban J connectivity index is 1.15. The molecule has 0 saturated carbocycles. The van der Waals surface area contributed by atoms with E-state index in [1.807, 2.05) is 78.9 Å². The molecule has 1 atom stereocenters. The number of H-pyrrole nitrogens is 1. The van der Waals surface area contributed by atoms with Crippen LogP contribution in [0.2, 0.25) is 0 Å². The Hall–Kier alpha value is -4.98. The molecule has 37 heavy (non-hydrogen) atoms. The molecule has 3 N–H and O–H groups in total. The van der Waals surface area contributed by atoms with Crippen molar-refractivity contribution in [3.63, 3.8) is 0 Å². The maximum atomic E-state index is 13.3. The normalized spacial score (nSPS) is 17.4. The van der Waals surface area contributed by atoms with Gasteiger partial charge in [0.25, 0.3) is 5.91 Å². The van der Waals surface area contributed by atoms with E-state index in [-0.39, 0.29) is 6.54 Å². The number of fused-ring (bicyclic) bond motifs is 2. The molecule has 5 aromatic rings. The minimum Gasteiger partial charge on any atom is -0.338 e. The lowest BCUT2D eigenvalue weighted by atomic mass is 9.90. The molecule has 1 aliphatic heterocycles. The van der Waals surface area contributed by atoms with Gasteiger partial charge in [0.2, 0.25) is 5.91 Å². The largest absolute Gasteiger partial charge is 0.338 e. The average Bonchev–Trinajstić information content (AvgIpc) is 3.44. The summed E-state index contributed by atoms with van der Waals surface area (Å²) in [5, 5.41) is 7.53. The fourth-order valence-electron chi connectivity index (χ4n) is 4.68. The topological polar surface area (TPSA) is 107 Å². The van der Waals surface area contributed by atoms with Gasteiger partial charge in [-0.2, -0.15) is 0 Å². The number of urea groups is 1. The van der Waals surface area contributed by atoms with Crippen LogP contribution in [0.5, 0.6) is 0 Å². The maximum Gasteiger partial charge on any atom is 0.325 e. The Morgan fingerprint density at radius 1 is 0.919 bits per heavy atom. The lowest BCUT2D eigenvalue weighted by Gasteiger charge is -2.22. The van der Waals surface area contributed by atoms with E-state index in [0.29, 0.717) is 11.3 Å². The number of rotatable bonds is 5. The molecule has 1 aromatic heterocycles. The second-order valence-corrected chi connectivity index (χ2v) is 9.24. The smallest absolute Gasteiger partial charge is 0.325 e. The number of benzene rings is 4. The van der Waals surface area contributed by atoms with Crippen molar-refractivity contribution in [3.8, 4) is 11.4 Å². The number of nitrogens with zero attached hydrogens (tertiary/aromatic N) is 2. The summed E-state index contributed by atoms with van der Waals surface area (Å²) in [5.74, 6) is -0.211. The van der Waals surface area contributed by atoms with Crippen LogP contribution in [0.15, 0.2) is 91.0 Å². The van der Waals surface area contributed by atoms with Crippen molar-refractivity contribution in [1.29, 1.82) is 0 Å². The summed E-state index contributed by atoms with van der Waals surface area (Å²) < 4.78 is 0. The zero-order valence-electron chi connectivity index (χ0n) is 20.0. The highest BCUT2D eigenvalue weighted by Crippen LogP contribution is 2.31. The van der Waals surface area contributed by atoms with Crippen molar-refractivity contribution >= 4 is 45.3 Å². The fraction of sp³-hybridized carbons (Fsp3) is 0.103. The van der Waals surface area contributed by atoms with Gasteiger partial charge in [0.1, 0.15) is 17.9 Å². The third-order valence-electron chi connectivity index (χ3n) is 6.73. The van der Waals surface area contributed by atoms with Crippen LogP contribution < -0.4 is 10.6 Å². The van der Waals surface area contributed by atoms with Gasteiger partial charge in [-0.3, -0.25) is 14.5 Å². The van der Waals surface area contributed by atoms with Crippen molar-refractivity contribution < 1.29 is 14.4 Å². The van der Waals surface area contributed by atoms with Gasteiger partial charge < -0.3 is 15.6 Å². The van der Waals surface area contributed by atoms with Gasteiger partial charge >= 0.3 is 6.03 Å². The van der Waals surface area contributed by atoms with E-state index in [1.54, 1.807) is 19.1 Å². The van der Waals surface area contributed by atoms with Crippen molar-refractivity contribution in [1.82, 2.24) is 20.2 Å². The first-order valence-corrected chi connectivity index (χ1v) is 11.9. The number of imidazole rings is 1. The molecular formula is C29H23N5O3. The SMILES string of the molecule is CC1(c2ccc3ccccc3c2)NC(=O)N(CC(=O)Nc2ccc(-c3nc4ccccc4[nH]3)cc2)C1=O. The summed E-state index contributed by atoms with van der Waals surface area (Å²) in [7, 11) is 0. The van der Waals surface area contributed by atoms with Crippen molar-refractivity contribution in [3.05, 3.63) is 96.6 Å². The second kappa shape index (κ2) is 8.60. The Morgan fingerprint density at radius 3 is 2.43 bits per heavy atom. The third-order valence-corrected chi connectivity index (χ3v) is 6.73. The van der Waals surface area contributed by atoms with Gasteiger partial charge in [0.05, 0.1) is 11.0 Å². The van der Waals surface area contributed by atoms with Gasteiger partial charge in [0, 0.05) is 11.3 Å². The van der Waals surface area contributed by atoms with E-state index >= 15 is 0 Å². The van der Waals surface area contributed by atoms with Crippen LogP contribution >= 0.6 is 0 Å². The Kier molecular flexibility index (Phi) is 5.22. The number of aromatic nitrogens is 2. The zero-order chi connectivity index (χ0) is 25.6. The number of nitrogens with one attached hydrogen (secondary N) is 3. The summed E-state index contributed by atoms with van der Waals surface area (Å²) in [4.78, 5) is 47.6. The van der Waals surface area contributed by atoms with Crippen LogP contribution in [0.3, 0.4) is 0 Å². The molecule has 1 fully saturated rings. The molecule has 1 aliphatic rings. The van der Waals surface area contributed by atoms with E-state index in [4.69, 9.17) is 0 Å². The molecule has 8 heteroatoms. The summed E-state index contributed by atoms with van der Waals surface area (Å²) in [5.41, 5.74) is 2.64. The lowest BCUT2D eigenvalue weighted by molar-refractivity contribution is -0.133. The second-order valence-electron chi connectivity index (χ2n) is 9.24. The summed E-state index contributed by atoms with van der Waals surface area (Å²) in [6.45, 7) is 1.27. The van der Waals surface area contributed by atoms with Crippen molar-refractivity contribution in [2.75, 3.05) is 11.9 Å². The van der Waals surface area contributed by atoms with Gasteiger partial charge in [-0.05, 0) is 65.7 Å². The molecule has 0 bridgehead atoms. The van der Waals surface area contributed by atoms with Crippen LogP contribution in [-0.2, 0) is 15.1 Å². The summed E-state index contributed by atoms with van der Waals surface area (Å²) in [6.07, 6.45) is 0. The highest BCUT2D eigenvalue weighted by molar-refractivity contribution is 6.10. The molecule has 1 unspecified atom stereocenters. The summed E-state index contributed by atoms with van der Waals surface area (Å²) in [6, 6.07) is 27.8. The molecular weight excluding hydrogens is 466 g/mol. The number of para-hydroxylation sites is 2. The molecule has 0 radical (unpaired) electrons. The number of carbonyl (C=O) groups excluding carboxylic acids is 3. The molecule has 1 saturated heterocycles. The van der Waals surface area contributed by atoms with Crippen LogP contribution in [0.25, 0.3) is 33.2 Å². The zero-order valence-corrected chi connectivity index (χ0v) is 20.0. The number of hydrogen-bond acceptors (Lipinski definition) is 4. The van der Waals surface area contributed by atoms with Gasteiger partial charge in [-0.25, -0.2) is 9.78 Å². The molecule has 0 aliphatic carbocycles. The first-order chi connectivity index (χ1) is 17.9. The quantitative estimate of drug-likeness (QED) is 0.309. The van der Waals surface area contributed by atoms with Crippen molar-refractivity contribution in [2.24, 2.45) is 0 Å². The first-order valence-electron chi connectivity index (χ1n) is 11.9. The molecule has 4 amide bonds. The van der Waals surface area contributed by atoms with Crippen LogP contribution in [-0.4, -0.2) is 39.3 Å². The predicted octanol–water partition coefficient (Wildman–Crippen LogP) is 4.79. The van der Waals surface area contributed by atoms with Gasteiger partial charge in [-0.1, -0.05) is 48.5 Å². The van der Waals surface area contributed by atoms with Crippen LogP contribution in [0, 0.1) is 0 Å². The van der Waals surface area contributed by atoms with E-state index in [0.717, 1.165) is 38.1 Å². The van der Waals surface area contributed by atoms with E-state index in [9.17, 15) is 14.4 Å². The van der Waals surface area contributed by atoms with Gasteiger partial charge in [-0.15, -0.1) is 0 Å². The number of amides is 4. The number of imide groups is 1. The Morgan fingerprint density at radius 2 is 1.65 bits per heavy atom. The monoisotopic (exact) mass is 489 g/mol.